The Hall–Kier alpha value is -1.03. The lowest BCUT2D eigenvalue weighted by molar-refractivity contribution is 0.599. The Bertz CT molecular complexity index is 497. The van der Waals surface area contributed by atoms with Crippen LogP contribution in [0.4, 0.5) is 5.69 Å². The fourth-order valence-electron chi connectivity index (χ4n) is 2.46. The number of nitrogens with zero attached hydrogens (tertiary/aromatic N) is 1. The smallest absolute Gasteiger partial charge is 0.235 e. The highest BCUT2D eigenvalue weighted by Crippen LogP contribution is 2.31. The second-order valence-electron chi connectivity index (χ2n) is 4.49. The highest BCUT2D eigenvalue weighted by Gasteiger charge is 2.30. The van der Waals surface area contributed by atoms with Crippen molar-refractivity contribution in [3.8, 4) is 0 Å². The summed E-state index contributed by atoms with van der Waals surface area (Å²) in [6.45, 7) is 6.60. The highest BCUT2D eigenvalue weighted by molar-refractivity contribution is 7.93. The van der Waals surface area contributed by atoms with Gasteiger partial charge in [-0.15, -0.1) is 0 Å². The van der Waals surface area contributed by atoms with Crippen molar-refractivity contribution in [3.05, 3.63) is 28.8 Å². The SMILES string of the molecule is Cc1cc(C)c(N2CCCS2(=O)=O)c(C)c1. The van der Waals surface area contributed by atoms with Gasteiger partial charge >= 0.3 is 0 Å². The molecule has 1 aromatic rings. The van der Waals surface area contributed by atoms with Gasteiger partial charge in [-0.2, -0.15) is 0 Å². The molecule has 0 atom stereocenters. The van der Waals surface area contributed by atoms with Crippen LogP contribution < -0.4 is 4.31 Å². The molecule has 0 spiro atoms. The lowest BCUT2D eigenvalue weighted by Gasteiger charge is -2.22. The molecule has 1 aromatic carbocycles. The number of rotatable bonds is 1. The van der Waals surface area contributed by atoms with Gasteiger partial charge in [-0.25, -0.2) is 8.42 Å². The van der Waals surface area contributed by atoms with E-state index < -0.39 is 10.0 Å². The molecule has 2 rings (SSSR count). The standard InChI is InChI=1S/C12H17NO2S/c1-9-7-10(2)12(11(3)8-9)13-5-4-6-16(13,14)15/h7-8H,4-6H2,1-3H3. The molecule has 0 bridgehead atoms. The number of benzene rings is 1. The second-order valence-corrected chi connectivity index (χ2v) is 6.50. The van der Waals surface area contributed by atoms with E-state index in [9.17, 15) is 8.42 Å². The first-order valence-electron chi connectivity index (χ1n) is 5.50. The molecule has 1 heterocycles. The summed E-state index contributed by atoms with van der Waals surface area (Å²) in [6, 6.07) is 4.08. The summed E-state index contributed by atoms with van der Waals surface area (Å²) >= 11 is 0. The topological polar surface area (TPSA) is 37.4 Å². The summed E-state index contributed by atoms with van der Waals surface area (Å²) in [5, 5.41) is 0. The average molecular weight is 239 g/mol. The van der Waals surface area contributed by atoms with Gasteiger partial charge in [-0.05, 0) is 38.3 Å². The largest absolute Gasteiger partial charge is 0.270 e. The summed E-state index contributed by atoms with van der Waals surface area (Å²) in [5.41, 5.74) is 4.14. The van der Waals surface area contributed by atoms with E-state index in [2.05, 4.69) is 0 Å². The average Bonchev–Trinajstić information content (AvgIpc) is 2.44. The molecular formula is C12H17NO2S. The number of aryl methyl sites for hydroxylation is 3. The van der Waals surface area contributed by atoms with Gasteiger partial charge in [0.05, 0.1) is 11.4 Å². The highest BCUT2D eigenvalue weighted by atomic mass is 32.2. The van der Waals surface area contributed by atoms with E-state index >= 15 is 0 Å². The van der Waals surface area contributed by atoms with Crippen LogP contribution in [0.5, 0.6) is 0 Å². The first-order valence-corrected chi connectivity index (χ1v) is 7.11. The summed E-state index contributed by atoms with van der Waals surface area (Å²) in [7, 11) is -3.06. The van der Waals surface area contributed by atoms with Crippen molar-refractivity contribution in [2.24, 2.45) is 0 Å². The normalized spacial score (nSPS) is 19.1. The Balaban J connectivity index is 2.57. The molecule has 1 aliphatic heterocycles. The number of anilines is 1. The summed E-state index contributed by atoms with van der Waals surface area (Å²) in [5.74, 6) is 0.278. The fraction of sp³-hybridized carbons (Fsp3) is 0.500. The molecule has 0 radical (unpaired) electrons. The van der Waals surface area contributed by atoms with Crippen molar-refractivity contribution in [2.75, 3.05) is 16.6 Å². The van der Waals surface area contributed by atoms with Crippen molar-refractivity contribution in [1.82, 2.24) is 0 Å². The third-order valence-electron chi connectivity index (χ3n) is 2.98. The van der Waals surface area contributed by atoms with Crippen LogP contribution in [0.25, 0.3) is 0 Å². The van der Waals surface area contributed by atoms with Crippen molar-refractivity contribution in [3.63, 3.8) is 0 Å². The van der Waals surface area contributed by atoms with Gasteiger partial charge in [-0.3, -0.25) is 4.31 Å². The Kier molecular flexibility index (Phi) is 2.70. The van der Waals surface area contributed by atoms with Crippen LogP contribution in [0.2, 0.25) is 0 Å². The zero-order valence-corrected chi connectivity index (χ0v) is 10.8. The quantitative estimate of drug-likeness (QED) is 0.753. The Labute approximate surface area is 97.1 Å². The van der Waals surface area contributed by atoms with Gasteiger partial charge in [0, 0.05) is 6.54 Å². The number of hydrogen-bond acceptors (Lipinski definition) is 2. The molecule has 0 aromatic heterocycles. The molecule has 0 unspecified atom stereocenters. The van der Waals surface area contributed by atoms with Crippen molar-refractivity contribution >= 4 is 15.7 Å². The van der Waals surface area contributed by atoms with Gasteiger partial charge in [-0.1, -0.05) is 17.7 Å². The molecule has 1 aliphatic rings. The third kappa shape index (κ3) is 1.82. The monoisotopic (exact) mass is 239 g/mol. The molecule has 0 amide bonds. The summed E-state index contributed by atoms with van der Waals surface area (Å²) < 4.78 is 25.3. The van der Waals surface area contributed by atoms with Crippen LogP contribution in [-0.4, -0.2) is 20.7 Å². The van der Waals surface area contributed by atoms with Crippen molar-refractivity contribution in [1.29, 1.82) is 0 Å². The summed E-state index contributed by atoms with van der Waals surface area (Å²) in [4.78, 5) is 0. The minimum atomic E-state index is -3.06. The minimum absolute atomic E-state index is 0.278. The Morgan fingerprint density at radius 2 is 1.69 bits per heavy atom. The molecule has 1 saturated heterocycles. The number of sulfonamides is 1. The van der Waals surface area contributed by atoms with Gasteiger partial charge < -0.3 is 0 Å². The first kappa shape index (κ1) is 11.5. The van der Waals surface area contributed by atoms with Gasteiger partial charge in [0.25, 0.3) is 0 Å². The van der Waals surface area contributed by atoms with Crippen LogP contribution >= 0.6 is 0 Å². The predicted octanol–water partition coefficient (Wildman–Crippen LogP) is 2.15. The van der Waals surface area contributed by atoms with Gasteiger partial charge in [0.2, 0.25) is 10.0 Å². The molecule has 88 valence electrons. The van der Waals surface area contributed by atoms with E-state index in [1.54, 1.807) is 4.31 Å². The van der Waals surface area contributed by atoms with E-state index in [1.807, 2.05) is 32.9 Å². The second kappa shape index (κ2) is 3.77. The van der Waals surface area contributed by atoms with Crippen molar-refractivity contribution < 1.29 is 8.42 Å². The van der Waals surface area contributed by atoms with Crippen LogP contribution in [0.1, 0.15) is 23.1 Å². The number of hydrogen-bond donors (Lipinski definition) is 0. The van der Waals surface area contributed by atoms with E-state index in [-0.39, 0.29) is 5.75 Å². The maximum Gasteiger partial charge on any atom is 0.235 e. The molecular weight excluding hydrogens is 222 g/mol. The minimum Gasteiger partial charge on any atom is -0.270 e. The predicted molar refractivity (Wildman–Crippen MR) is 66.4 cm³/mol. The Morgan fingerprint density at radius 1 is 1.12 bits per heavy atom. The fourth-order valence-corrected chi connectivity index (χ4v) is 4.14. The van der Waals surface area contributed by atoms with Gasteiger partial charge in [0.1, 0.15) is 0 Å². The lowest BCUT2D eigenvalue weighted by Crippen LogP contribution is -2.26. The van der Waals surface area contributed by atoms with E-state index in [4.69, 9.17) is 0 Å². The molecule has 0 saturated carbocycles. The zero-order chi connectivity index (χ0) is 11.9. The maximum absolute atomic E-state index is 11.9. The molecule has 0 N–H and O–H groups in total. The molecule has 4 heteroatoms. The zero-order valence-electron chi connectivity index (χ0n) is 9.95. The van der Waals surface area contributed by atoms with E-state index in [0.717, 1.165) is 23.2 Å². The van der Waals surface area contributed by atoms with E-state index in [0.29, 0.717) is 6.54 Å². The van der Waals surface area contributed by atoms with Crippen LogP contribution in [-0.2, 0) is 10.0 Å². The molecule has 16 heavy (non-hydrogen) atoms. The van der Waals surface area contributed by atoms with Crippen LogP contribution in [0, 0.1) is 20.8 Å². The lowest BCUT2D eigenvalue weighted by atomic mass is 10.1. The molecule has 0 aliphatic carbocycles. The Morgan fingerprint density at radius 3 is 2.12 bits per heavy atom. The third-order valence-corrected chi connectivity index (χ3v) is 4.83. The van der Waals surface area contributed by atoms with Crippen LogP contribution in [0.15, 0.2) is 12.1 Å². The van der Waals surface area contributed by atoms with Crippen molar-refractivity contribution in [2.45, 2.75) is 27.2 Å². The van der Waals surface area contributed by atoms with Gasteiger partial charge in [0.15, 0.2) is 0 Å². The van der Waals surface area contributed by atoms with E-state index in [1.165, 1.54) is 5.56 Å². The summed E-state index contributed by atoms with van der Waals surface area (Å²) in [6.07, 6.45) is 0.731. The van der Waals surface area contributed by atoms with Crippen LogP contribution in [0.3, 0.4) is 0 Å². The molecule has 1 fully saturated rings. The first-order chi connectivity index (χ1) is 7.42. The molecule has 3 nitrogen and oxygen atoms in total. The maximum atomic E-state index is 11.9.